The molecule has 0 saturated carbocycles. The second kappa shape index (κ2) is 6.71. The maximum absolute atomic E-state index is 13.0. The van der Waals surface area contributed by atoms with Gasteiger partial charge in [0.2, 0.25) is 9.84 Å². The summed E-state index contributed by atoms with van der Waals surface area (Å²) in [4.78, 5) is 5.63. The summed E-state index contributed by atoms with van der Waals surface area (Å²) in [6.45, 7) is 5.49. The summed E-state index contributed by atoms with van der Waals surface area (Å²) in [6.07, 6.45) is 2.22. The van der Waals surface area contributed by atoms with Crippen LogP contribution in [0.15, 0.2) is 58.3 Å². The summed E-state index contributed by atoms with van der Waals surface area (Å²) in [7, 11) is -1.32. The van der Waals surface area contributed by atoms with Gasteiger partial charge >= 0.3 is 0 Å². The molecule has 0 aromatic heterocycles. The summed E-state index contributed by atoms with van der Waals surface area (Å²) < 4.78 is 26.0. The molecule has 2 aliphatic rings. The molecule has 0 aliphatic carbocycles. The molecule has 2 atom stereocenters. The molecule has 138 valence electrons. The first-order chi connectivity index (χ1) is 12.5. The minimum absolute atomic E-state index is 0.362. The van der Waals surface area contributed by atoms with Crippen LogP contribution < -0.4 is 4.90 Å². The van der Waals surface area contributed by atoms with Crippen molar-refractivity contribution in [1.29, 1.82) is 0 Å². The van der Waals surface area contributed by atoms with Gasteiger partial charge in [0.05, 0.1) is 9.79 Å². The number of anilines is 1. The highest BCUT2D eigenvalue weighted by Gasteiger charge is 2.38. The molecule has 5 heteroatoms. The monoisotopic (exact) mass is 370 g/mol. The van der Waals surface area contributed by atoms with E-state index in [4.69, 9.17) is 0 Å². The molecule has 0 bridgehead atoms. The van der Waals surface area contributed by atoms with E-state index in [1.165, 1.54) is 11.3 Å². The van der Waals surface area contributed by atoms with Crippen LogP contribution in [0.3, 0.4) is 0 Å². The van der Waals surface area contributed by atoms with Gasteiger partial charge in [-0.05, 0) is 61.8 Å². The van der Waals surface area contributed by atoms with Gasteiger partial charge < -0.3 is 9.80 Å². The van der Waals surface area contributed by atoms with Gasteiger partial charge in [0.15, 0.2) is 0 Å². The Bertz CT molecular complexity index is 895. The quantitative estimate of drug-likeness (QED) is 0.829. The van der Waals surface area contributed by atoms with Crippen LogP contribution in [0.1, 0.15) is 31.2 Å². The van der Waals surface area contributed by atoms with Crippen molar-refractivity contribution >= 4 is 15.5 Å². The first-order valence-corrected chi connectivity index (χ1v) is 10.9. The molecule has 2 aliphatic heterocycles. The van der Waals surface area contributed by atoms with Crippen molar-refractivity contribution in [3.63, 3.8) is 0 Å². The zero-order valence-electron chi connectivity index (χ0n) is 15.4. The molecule has 4 nitrogen and oxygen atoms in total. The molecule has 2 aromatic carbocycles. The average molecular weight is 371 g/mol. The highest BCUT2D eigenvalue weighted by atomic mass is 32.2. The molecule has 1 saturated heterocycles. The van der Waals surface area contributed by atoms with Crippen molar-refractivity contribution in [1.82, 2.24) is 4.90 Å². The SMILES string of the molecule is CCN1CC[C@H]2c3cc(S(=O)(=O)c4ccccc4)ccc3N(C)[C@H]2CC1. The maximum Gasteiger partial charge on any atom is 0.206 e. The number of benzene rings is 2. The van der Waals surface area contributed by atoms with Crippen LogP contribution >= 0.6 is 0 Å². The smallest absolute Gasteiger partial charge is 0.206 e. The Balaban J connectivity index is 1.73. The van der Waals surface area contributed by atoms with E-state index in [9.17, 15) is 8.42 Å². The van der Waals surface area contributed by atoms with Gasteiger partial charge in [-0.25, -0.2) is 8.42 Å². The summed E-state index contributed by atoms with van der Waals surface area (Å²) in [5, 5.41) is 0. The number of likely N-dealkylation sites (N-methyl/N-ethyl adjacent to an activating group) is 1. The fourth-order valence-electron chi connectivity index (χ4n) is 4.52. The Hall–Kier alpha value is -1.85. The number of sulfone groups is 1. The van der Waals surface area contributed by atoms with Crippen molar-refractivity contribution in [3.8, 4) is 0 Å². The standard InChI is InChI=1S/C21H26N2O2S/c1-3-23-13-11-18-19-15-17(26(24,25)16-7-5-4-6-8-16)9-10-20(19)22(2)21(18)12-14-23/h4-10,15,18,21H,3,11-14H2,1-2H3/t18-,21-/m0/s1. The topological polar surface area (TPSA) is 40.6 Å². The van der Waals surface area contributed by atoms with E-state index in [0.717, 1.165) is 32.5 Å². The van der Waals surface area contributed by atoms with Gasteiger partial charge in [0, 0.05) is 31.2 Å². The summed E-state index contributed by atoms with van der Waals surface area (Å²) in [6, 6.07) is 14.9. The van der Waals surface area contributed by atoms with Crippen LogP contribution in [0.25, 0.3) is 0 Å². The van der Waals surface area contributed by atoms with Gasteiger partial charge in [-0.3, -0.25) is 0 Å². The van der Waals surface area contributed by atoms with Gasteiger partial charge in [-0.1, -0.05) is 25.1 Å². The van der Waals surface area contributed by atoms with Crippen LogP contribution in [0, 0.1) is 0 Å². The van der Waals surface area contributed by atoms with E-state index in [1.807, 2.05) is 18.2 Å². The minimum atomic E-state index is -3.47. The summed E-state index contributed by atoms with van der Waals surface area (Å²) in [5.41, 5.74) is 2.39. The van der Waals surface area contributed by atoms with Crippen molar-refractivity contribution in [3.05, 3.63) is 54.1 Å². The molecule has 0 N–H and O–H groups in total. The van der Waals surface area contributed by atoms with Crippen molar-refractivity contribution in [2.75, 3.05) is 31.6 Å². The fourth-order valence-corrected chi connectivity index (χ4v) is 5.83. The normalized spacial score (nSPS) is 23.4. The van der Waals surface area contributed by atoms with Crippen LogP contribution in [0.5, 0.6) is 0 Å². The van der Waals surface area contributed by atoms with Gasteiger partial charge in [-0.15, -0.1) is 0 Å². The molecule has 4 rings (SSSR count). The third-order valence-electron chi connectivity index (χ3n) is 6.05. The lowest BCUT2D eigenvalue weighted by Crippen LogP contribution is -2.31. The van der Waals surface area contributed by atoms with E-state index >= 15 is 0 Å². The molecule has 2 aromatic rings. The molecule has 0 unspecified atom stereocenters. The van der Waals surface area contributed by atoms with Gasteiger partial charge in [0.25, 0.3) is 0 Å². The fraction of sp³-hybridized carbons (Fsp3) is 0.429. The first-order valence-electron chi connectivity index (χ1n) is 9.41. The molecule has 0 amide bonds. The molecule has 26 heavy (non-hydrogen) atoms. The lowest BCUT2D eigenvalue weighted by atomic mass is 9.91. The van der Waals surface area contributed by atoms with E-state index < -0.39 is 9.84 Å². The minimum Gasteiger partial charge on any atom is -0.371 e. The zero-order chi connectivity index (χ0) is 18.3. The largest absolute Gasteiger partial charge is 0.371 e. The number of hydrogen-bond donors (Lipinski definition) is 0. The average Bonchev–Trinajstić information content (AvgIpc) is 2.82. The number of hydrogen-bond acceptors (Lipinski definition) is 4. The van der Waals surface area contributed by atoms with Crippen LogP contribution in [-0.2, 0) is 9.84 Å². The van der Waals surface area contributed by atoms with Crippen LogP contribution in [0.2, 0.25) is 0 Å². The molecule has 1 fully saturated rings. The Kier molecular flexibility index (Phi) is 4.53. The Morgan fingerprint density at radius 3 is 2.46 bits per heavy atom. The summed E-state index contributed by atoms with van der Waals surface area (Å²) >= 11 is 0. The highest BCUT2D eigenvalue weighted by Crippen LogP contribution is 2.45. The van der Waals surface area contributed by atoms with E-state index in [1.54, 1.807) is 30.3 Å². The second-order valence-corrected chi connectivity index (χ2v) is 9.28. The van der Waals surface area contributed by atoms with Crippen molar-refractivity contribution in [2.45, 2.75) is 41.5 Å². The number of nitrogens with zero attached hydrogens (tertiary/aromatic N) is 2. The lowest BCUT2D eigenvalue weighted by Gasteiger charge is -2.25. The Labute approximate surface area is 156 Å². The predicted octanol–water partition coefficient (Wildman–Crippen LogP) is 3.54. The molecular formula is C21H26N2O2S. The first kappa shape index (κ1) is 17.6. The van der Waals surface area contributed by atoms with Gasteiger partial charge in [-0.2, -0.15) is 0 Å². The summed E-state index contributed by atoms with van der Waals surface area (Å²) in [5.74, 6) is 0.414. The highest BCUT2D eigenvalue weighted by molar-refractivity contribution is 7.91. The van der Waals surface area contributed by atoms with Gasteiger partial charge in [0.1, 0.15) is 0 Å². The molecule has 2 heterocycles. The predicted molar refractivity (Wildman–Crippen MR) is 105 cm³/mol. The number of rotatable bonds is 3. The van der Waals surface area contributed by atoms with Crippen molar-refractivity contribution < 1.29 is 8.42 Å². The van der Waals surface area contributed by atoms with E-state index in [2.05, 4.69) is 23.8 Å². The van der Waals surface area contributed by atoms with Crippen LogP contribution in [0.4, 0.5) is 5.69 Å². The number of likely N-dealkylation sites (tertiary alicyclic amines) is 1. The second-order valence-electron chi connectivity index (χ2n) is 7.33. The molecular weight excluding hydrogens is 344 g/mol. The van der Waals surface area contributed by atoms with Crippen molar-refractivity contribution in [2.24, 2.45) is 0 Å². The third kappa shape index (κ3) is 2.83. The molecule has 0 radical (unpaired) electrons. The van der Waals surface area contributed by atoms with E-state index in [-0.39, 0.29) is 0 Å². The Morgan fingerprint density at radius 2 is 1.73 bits per heavy atom. The maximum atomic E-state index is 13.0. The molecule has 0 spiro atoms. The Morgan fingerprint density at radius 1 is 1.00 bits per heavy atom. The lowest BCUT2D eigenvalue weighted by molar-refractivity contribution is 0.298. The third-order valence-corrected chi connectivity index (χ3v) is 7.82. The zero-order valence-corrected chi connectivity index (χ0v) is 16.2. The van der Waals surface area contributed by atoms with E-state index in [0.29, 0.717) is 21.8 Å². The number of fused-ring (bicyclic) bond motifs is 3. The van der Waals surface area contributed by atoms with Crippen LogP contribution in [-0.4, -0.2) is 46.0 Å².